The molecule has 0 aliphatic heterocycles. The minimum atomic E-state index is -0.747. The van der Waals surface area contributed by atoms with E-state index >= 15 is 0 Å². The number of amides is 1. The molecule has 0 fully saturated rings. The van der Waals surface area contributed by atoms with Gasteiger partial charge in [0, 0.05) is 37.3 Å². The van der Waals surface area contributed by atoms with Crippen molar-refractivity contribution in [2.24, 2.45) is 0 Å². The summed E-state index contributed by atoms with van der Waals surface area (Å²) in [6, 6.07) is 12.2. The fraction of sp³-hybridized carbons (Fsp3) is 0.350. The minimum absolute atomic E-state index is 0.114. The zero-order chi connectivity index (χ0) is 19.8. The lowest BCUT2D eigenvalue weighted by Crippen LogP contribution is -2.38. The Labute approximate surface area is 174 Å². The Morgan fingerprint density at radius 2 is 1.63 bits per heavy atom. The van der Waals surface area contributed by atoms with Crippen LogP contribution in [0.2, 0.25) is 0 Å². The maximum absolute atomic E-state index is 11.8. The van der Waals surface area contributed by atoms with E-state index in [0.717, 1.165) is 30.8 Å². The largest absolute Gasteiger partial charge is 0.444 e. The number of nitrogens with zero attached hydrogens (tertiary/aromatic N) is 1. The highest BCUT2D eigenvalue weighted by Gasteiger charge is 2.18. The van der Waals surface area contributed by atoms with Crippen molar-refractivity contribution in [3.63, 3.8) is 0 Å². The summed E-state index contributed by atoms with van der Waals surface area (Å²) in [4.78, 5) is 11.8. The lowest BCUT2D eigenvalue weighted by atomic mass is 10.2. The molecule has 0 saturated carbocycles. The van der Waals surface area contributed by atoms with Crippen molar-refractivity contribution in [1.29, 1.82) is 0 Å². The van der Waals surface area contributed by atoms with E-state index in [0.29, 0.717) is 6.54 Å². The van der Waals surface area contributed by atoms with Crippen LogP contribution in [0, 0.1) is 0 Å². The minimum Gasteiger partial charge on any atom is -0.444 e. The lowest BCUT2D eigenvalue weighted by Gasteiger charge is -2.21. The van der Waals surface area contributed by atoms with Crippen molar-refractivity contribution in [3.05, 3.63) is 45.3 Å². The van der Waals surface area contributed by atoms with Crippen molar-refractivity contribution in [1.82, 2.24) is 9.88 Å². The molecule has 0 bridgehead atoms. The number of hydrogen-bond acceptors (Lipinski definition) is 3. The Morgan fingerprint density at radius 1 is 1.11 bits per heavy atom. The van der Waals surface area contributed by atoms with Crippen LogP contribution in [-0.2, 0) is 11.3 Å². The summed E-state index contributed by atoms with van der Waals surface area (Å²) in [5.41, 5.74) is 1.49. The van der Waals surface area contributed by atoms with Gasteiger partial charge in [-0.1, -0.05) is 31.9 Å². The number of carbonyl (C=O) groups excluding carboxylic acids is 1. The first-order valence-corrected chi connectivity index (χ1v) is 10.2. The first-order valence-electron chi connectivity index (χ1n) is 8.66. The summed E-state index contributed by atoms with van der Waals surface area (Å²) >= 11 is 7.06. The second kappa shape index (κ2) is 7.81. The first-order chi connectivity index (χ1) is 12.6. The topological polar surface area (TPSA) is 63.5 Å². The van der Waals surface area contributed by atoms with Crippen LogP contribution < -0.4 is 5.32 Å². The van der Waals surface area contributed by atoms with Crippen molar-refractivity contribution in [3.8, 4) is 0 Å². The Bertz CT molecular complexity index is 933. The van der Waals surface area contributed by atoms with Gasteiger partial charge in [0.2, 0.25) is 0 Å². The van der Waals surface area contributed by atoms with E-state index in [-0.39, 0.29) is 6.54 Å². The second-order valence-electron chi connectivity index (χ2n) is 7.47. The van der Waals surface area contributed by atoms with E-state index in [1.807, 2.05) is 24.3 Å². The standard InChI is InChI=1S/C20H22Br2N2O3/c1-20(2,3)27-19(26)23-10-14(25)11-24-17-6-4-12(21)8-15(17)16-9-13(22)5-7-18(16)24/h4-9,14,25H,10-11H2,1-3H3,(H,23,26). The number of fused-ring (bicyclic) bond motifs is 3. The first kappa shape index (κ1) is 20.2. The number of rotatable bonds is 4. The molecule has 0 spiro atoms. The number of aromatic nitrogens is 1. The Balaban J connectivity index is 1.84. The lowest BCUT2D eigenvalue weighted by molar-refractivity contribution is 0.0485. The van der Waals surface area contributed by atoms with Gasteiger partial charge in [-0.05, 0) is 57.2 Å². The quantitative estimate of drug-likeness (QED) is 0.520. The van der Waals surface area contributed by atoms with E-state index in [1.165, 1.54) is 0 Å². The third-order valence-corrected chi connectivity index (χ3v) is 5.05. The zero-order valence-corrected chi connectivity index (χ0v) is 18.6. The number of aliphatic hydroxyl groups excluding tert-OH is 1. The molecule has 0 aliphatic rings. The number of carbonyl (C=O) groups is 1. The van der Waals surface area contributed by atoms with Gasteiger partial charge in [0.25, 0.3) is 0 Å². The van der Waals surface area contributed by atoms with Crippen molar-refractivity contribution in [2.45, 2.75) is 39.0 Å². The molecule has 0 aliphatic carbocycles. The Kier molecular flexibility index (Phi) is 5.84. The molecule has 1 atom stereocenters. The molecule has 144 valence electrons. The molecule has 7 heteroatoms. The summed E-state index contributed by atoms with van der Waals surface area (Å²) in [5.74, 6) is 0. The Morgan fingerprint density at radius 3 is 2.11 bits per heavy atom. The van der Waals surface area contributed by atoms with E-state index in [9.17, 15) is 9.90 Å². The highest BCUT2D eigenvalue weighted by atomic mass is 79.9. The summed E-state index contributed by atoms with van der Waals surface area (Å²) in [5, 5.41) is 15.3. The molecule has 0 radical (unpaired) electrons. The number of hydrogen-bond donors (Lipinski definition) is 2. The molecule has 1 heterocycles. The molecule has 27 heavy (non-hydrogen) atoms. The van der Waals surface area contributed by atoms with Gasteiger partial charge in [0.05, 0.1) is 12.6 Å². The van der Waals surface area contributed by atoms with Gasteiger partial charge in [-0.2, -0.15) is 0 Å². The predicted molar refractivity (Wildman–Crippen MR) is 115 cm³/mol. The van der Waals surface area contributed by atoms with Crippen molar-refractivity contribution in [2.75, 3.05) is 6.54 Å². The molecule has 1 aromatic heterocycles. The van der Waals surface area contributed by atoms with E-state index in [4.69, 9.17) is 4.74 Å². The van der Waals surface area contributed by atoms with Crippen LogP contribution in [0.15, 0.2) is 45.3 Å². The molecule has 0 saturated heterocycles. The van der Waals surface area contributed by atoms with Crippen LogP contribution >= 0.6 is 31.9 Å². The highest BCUT2D eigenvalue weighted by molar-refractivity contribution is 9.10. The van der Waals surface area contributed by atoms with Gasteiger partial charge in [-0.25, -0.2) is 4.79 Å². The average Bonchev–Trinajstić information content (AvgIpc) is 2.84. The molecule has 2 aromatic carbocycles. The van der Waals surface area contributed by atoms with Crippen LogP contribution in [-0.4, -0.2) is 34.0 Å². The molecule has 3 rings (SSSR count). The normalized spacial score (nSPS) is 13.1. The third-order valence-electron chi connectivity index (χ3n) is 4.06. The smallest absolute Gasteiger partial charge is 0.407 e. The maximum atomic E-state index is 11.8. The van der Waals surface area contributed by atoms with Crippen LogP contribution in [0.5, 0.6) is 0 Å². The van der Waals surface area contributed by atoms with Crippen LogP contribution in [0.3, 0.4) is 0 Å². The SMILES string of the molecule is CC(C)(C)OC(=O)NCC(O)Cn1c2ccc(Br)cc2c2cc(Br)ccc21. The second-order valence-corrected chi connectivity index (χ2v) is 9.30. The highest BCUT2D eigenvalue weighted by Crippen LogP contribution is 2.33. The summed E-state index contributed by atoms with van der Waals surface area (Å²) < 4.78 is 9.29. The van der Waals surface area contributed by atoms with Crippen molar-refractivity contribution < 1.29 is 14.6 Å². The molecule has 1 unspecified atom stereocenters. The van der Waals surface area contributed by atoms with Crippen LogP contribution in [0.25, 0.3) is 21.8 Å². The van der Waals surface area contributed by atoms with E-state index < -0.39 is 17.8 Å². The van der Waals surface area contributed by atoms with Crippen LogP contribution in [0.1, 0.15) is 20.8 Å². The summed E-state index contributed by atoms with van der Waals surface area (Å²) in [6.07, 6.45) is -1.28. The summed E-state index contributed by atoms with van der Waals surface area (Å²) in [7, 11) is 0. The monoisotopic (exact) mass is 496 g/mol. The van der Waals surface area contributed by atoms with E-state index in [1.54, 1.807) is 20.8 Å². The third kappa shape index (κ3) is 4.83. The van der Waals surface area contributed by atoms with Gasteiger partial charge in [-0.3, -0.25) is 0 Å². The number of ether oxygens (including phenoxy) is 1. The molecule has 2 N–H and O–H groups in total. The Hall–Kier alpha value is -1.57. The molecular formula is C20H22Br2N2O3. The van der Waals surface area contributed by atoms with Gasteiger partial charge >= 0.3 is 6.09 Å². The number of halogens is 2. The van der Waals surface area contributed by atoms with Gasteiger partial charge in [-0.15, -0.1) is 0 Å². The summed E-state index contributed by atoms with van der Waals surface area (Å²) in [6.45, 7) is 5.88. The molecule has 1 amide bonds. The molecule has 5 nitrogen and oxygen atoms in total. The van der Waals surface area contributed by atoms with Crippen molar-refractivity contribution >= 4 is 59.8 Å². The number of benzene rings is 2. The zero-order valence-electron chi connectivity index (χ0n) is 15.4. The average molecular weight is 498 g/mol. The fourth-order valence-electron chi connectivity index (χ4n) is 3.04. The van der Waals surface area contributed by atoms with E-state index in [2.05, 4.69) is 53.9 Å². The molecular weight excluding hydrogens is 476 g/mol. The van der Waals surface area contributed by atoms with Gasteiger partial charge in [0.15, 0.2) is 0 Å². The number of alkyl carbamates (subject to hydrolysis) is 1. The van der Waals surface area contributed by atoms with Gasteiger partial charge < -0.3 is 19.7 Å². The number of nitrogens with one attached hydrogen (secondary N) is 1. The molecule has 3 aromatic rings. The number of aliphatic hydroxyl groups is 1. The fourth-order valence-corrected chi connectivity index (χ4v) is 3.76. The maximum Gasteiger partial charge on any atom is 0.407 e. The predicted octanol–water partition coefficient (Wildman–Crippen LogP) is 5.21. The van der Waals surface area contributed by atoms with Gasteiger partial charge in [0.1, 0.15) is 5.60 Å². The van der Waals surface area contributed by atoms with Crippen LogP contribution in [0.4, 0.5) is 4.79 Å².